The van der Waals surface area contributed by atoms with Gasteiger partial charge in [0, 0.05) is 56.2 Å². The molecular weight excluding hydrogens is 761 g/mol. The molecule has 4 aliphatic rings. The van der Waals surface area contributed by atoms with Gasteiger partial charge in [0.2, 0.25) is 17.8 Å². The van der Waals surface area contributed by atoms with Gasteiger partial charge in [0.1, 0.15) is 29.9 Å². The van der Waals surface area contributed by atoms with Gasteiger partial charge < -0.3 is 34.8 Å². The predicted molar refractivity (Wildman–Crippen MR) is 221 cm³/mol. The Balaban J connectivity index is 1.27. The number of morpholine rings is 1. The van der Waals surface area contributed by atoms with E-state index in [-0.39, 0.29) is 32.1 Å². The molecule has 9 rings (SSSR count). The molecule has 4 aromatic carbocycles. The summed E-state index contributed by atoms with van der Waals surface area (Å²) in [6.07, 6.45) is 2.82. The number of rotatable bonds is 9. The number of piperazine rings is 1. The third-order valence-corrected chi connectivity index (χ3v) is 12.0. The zero-order valence-corrected chi connectivity index (χ0v) is 32.8. The highest BCUT2D eigenvalue weighted by Gasteiger charge is 2.74. The molecule has 1 aromatic heterocycles. The second kappa shape index (κ2) is 16.6. The van der Waals surface area contributed by atoms with E-state index < -0.39 is 47.4 Å². The molecule has 13 nitrogen and oxygen atoms in total. The topological polar surface area (TPSA) is 158 Å². The number of aromatic nitrogens is 2. The zero-order valence-electron chi connectivity index (χ0n) is 32.8. The zero-order chi connectivity index (χ0) is 41.2. The molecule has 0 saturated carbocycles. The van der Waals surface area contributed by atoms with Gasteiger partial charge in [-0.25, -0.2) is 9.97 Å². The van der Waals surface area contributed by atoms with Crippen molar-refractivity contribution in [3.63, 3.8) is 0 Å². The summed E-state index contributed by atoms with van der Waals surface area (Å²) < 4.78 is 12.3. The van der Waals surface area contributed by atoms with Gasteiger partial charge in [-0.3, -0.25) is 19.3 Å². The van der Waals surface area contributed by atoms with E-state index in [1.807, 2.05) is 83.8 Å². The van der Waals surface area contributed by atoms with Crippen LogP contribution in [0.5, 0.6) is 5.75 Å². The maximum Gasteiger partial charge on any atom is 0.324 e. The lowest BCUT2D eigenvalue weighted by Gasteiger charge is -2.46. The van der Waals surface area contributed by atoms with Crippen molar-refractivity contribution >= 4 is 29.4 Å². The lowest BCUT2D eigenvalue weighted by atomic mass is 9.65. The van der Waals surface area contributed by atoms with Gasteiger partial charge >= 0.3 is 5.97 Å². The minimum absolute atomic E-state index is 0.0949. The number of esters is 1. The Bertz CT molecular complexity index is 2420. The maximum atomic E-state index is 15.8. The lowest BCUT2D eigenvalue weighted by molar-refractivity contribution is -0.179. The number of hydrogen-bond donors (Lipinski definition) is 3. The maximum absolute atomic E-state index is 15.8. The van der Waals surface area contributed by atoms with Crippen molar-refractivity contribution in [2.24, 2.45) is 5.92 Å². The summed E-state index contributed by atoms with van der Waals surface area (Å²) in [5, 5.41) is 22.2. The van der Waals surface area contributed by atoms with Crippen molar-refractivity contribution in [1.82, 2.24) is 19.8 Å². The highest BCUT2D eigenvalue weighted by molar-refractivity contribution is 6.12. The average Bonchev–Trinajstić information content (AvgIpc) is 3.77. The number of aliphatic hydroxyl groups excluding tert-OH is 2. The van der Waals surface area contributed by atoms with E-state index in [2.05, 4.69) is 32.0 Å². The van der Waals surface area contributed by atoms with E-state index in [9.17, 15) is 10.2 Å². The Kier molecular flexibility index (Phi) is 10.7. The van der Waals surface area contributed by atoms with Crippen LogP contribution in [0.25, 0.3) is 0 Å². The Labute approximate surface area is 347 Å². The van der Waals surface area contributed by atoms with E-state index >= 15 is 14.4 Å². The molecule has 5 aromatic rings. The summed E-state index contributed by atoms with van der Waals surface area (Å²) in [6, 6.07) is 31.1. The number of nitrogens with zero attached hydrogens (tertiary/aromatic N) is 5. The van der Waals surface area contributed by atoms with Crippen molar-refractivity contribution in [3.05, 3.63) is 149 Å². The minimum Gasteiger partial charge on any atom is -0.491 e. The van der Waals surface area contributed by atoms with Gasteiger partial charge in [0.25, 0.3) is 0 Å². The Hall–Kier alpha value is -6.59. The predicted octanol–water partition coefficient (Wildman–Crippen LogP) is 4.20. The number of cyclic esters (lactones) is 1. The Morgan fingerprint density at radius 1 is 0.817 bits per heavy atom. The summed E-state index contributed by atoms with van der Waals surface area (Å²) in [5.74, 6) is 4.61. The Morgan fingerprint density at radius 2 is 1.52 bits per heavy atom. The fourth-order valence-corrected chi connectivity index (χ4v) is 9.56. The number of fused-ring (bicyclic) bond motifs is 3. The van der Waals surface area contributed by atoms with Crippen molar-refractivity contribution < 1.29 is 34.1 Å². The highest BCUT2D eigenvalue weighted by Crippen LogP contribution is 2.65. The first kappa shape index (κ1) is 38.9. The number of carbonyl (C=O) groups excluding carboxylic acids is 3. The first-order valence-corrected chi connectivity index (χ1v) is 20.2. The standard InChI is InChI=1S/C47H44N6O7/c54-27-8-7-10-31-15-20-37-36(30-31)47(45(58)50-37)38(43(56)51-23-25-52(26-24-51)46-48-21-9-22-49-46)40-44(57)60-41(33-13-5-2-6-14-33)39(32-11-3-1-4-12-32)53(40)42(47)34-16-18-35(19-17-34)59-29-28-55/h1-6,9,11-22,30,38-42,54-55H,8,23-29H2,(H,50,58)/t38-,39-,40-,41+,42+,47-/m1/s1. The van der Waals surface area contributed by atoms with Gasteiger partial charge in [-0.15, -0.1) is 0 Å². The molecule has 60 heavy (non-hydrogen) atoms. The van der Waals surface area contributed by atoms with Gasteiger partial charge in [-0.05, 0) is 58.7 Å². The molecule has 4 aliphatic heterocycles. The monoisotopic (exact) mass is 804 g/mol. The van der Waals surface area contributed by atoms with E-state index in [0.29, 0.717) is 60.3 Å². The quantitative estimate of drug-likeness (QED) is 0.145. The first-order chi connectivity index (χ1) is 29.4. The lowest BCUT2D eigenvalue weighted by Crippen LogP contribution is -2.58. The molecular formula is C47H44N6O7. The van der Waals surface area contributed by atoms with Gasteiger partial charge in [0.05, 0.1) is 31.2 Å². The molecule has 0 unspecified atom stereocenters. The second-order valence-corrected chi connectivity index (χ2v) is 15.3. The van der Waals surface area contributed by atoms with Crippen LogP contribution in [-0.4, -0.2) is 99.8 Å². The molecule has 13 heteroatoms. The number of amides is 2. The number of ether oxygens (including phenoxy) is 2. The SMILES string of the molecule is O=C1O[C@@H](c2ccccc2)[C@@H](c2ccccc2)N2[C@@H](c3ccc(OCCO)cc3)[C@]3(C(=O)Nc4ccc(C#CCCO)cc43)[C@@H](C(=O)N3CCN(c4ncccn4)CC3)[C@H]12. The third-order valence-electron chi connectivity index (χ3n) is 12.0. The van der Waals surface area contributed by atoms with Crippen LogP contribution in [0.4, 0.5) is 11.6 Å². The molecule has 0 bridgehead atoms. The average molecular weight is 805 g/mol. The van der Waals surface area contributed by atoms with Gasteiger partial charge in [0.15, 0.2) is 0 Å². The molecule has 2 amide bonds. The summed E-state index contributed by atoms with van der Waals surface area (Å²) in [7, 11) is 0. The number of nitrogens with one attached hydrogen (secondary N) is 1. The van der Waals surface area contributed by atoms with Crippen molar-refractivity contribution in [2.45, 2.75) is 36.1 Å². The molecule has 1 spiro atoms. The van der Waals surface area contributed by atoms with Crippen molar-refractivity contribution in [2.75, 3.05) is 56.2 Å². The van der Waals surface area contributed by atoms with Crippen LogP contribution in [0, 0.1) is 17.8 Å². The van der Waals surface area contributed by atoms with Crippen molar-refractivity contribution in [1.29, 1.82) is 0 Å². The van der Waals surface area contributed by atoms with E-state index in [0.717, 1.165) is 11.1 Å². The van der Waals surface area contributed by atoms with Crippen LogP contribution >= 0.6 is 0 Å². The van der Waals surface area contributed by atoms with Crippen LogP contribution in [0.2, 0.25) is 0 Å². The second-order valence-electron chi connectivity index (χ2n) is 15.3. The number of hydrogen-bond acceptors (Lipinski definition) is 11. The molecule has 5 heterocycles. The van der Waals surface area contributed by atoms with E-state index in [1.165, 1.54) is 0 Å². The van der Waals surface area contributed by atoms with Gasteiger partial charge in [-0.1, -0.05) is 84.6 Å². The van der Waals surface area contributed by atoms with Crippen LogP contribution < -0.4 is 15.0 Å². The first-order valence-electron chi connectivity index (χ1n) is 20.2. The molecule has 6 atom stereocenters. The number of aliphatic hydroxyl groups is 2. The number of anilines is 2. The smallest absolute Gasteiger partial charge is 0.324 e. The van der Waals surface area contributed by atoms with Crippen molar-refractivity contribution in [3.8, 4) is 17.6 Å². The molecule has 0 radical (unpaired) electrons. The summed E-state index contributed by atoms with van der Waals surface area (Å²) in [6.45, 7) is 1.34. The molecule has 0 aliphatic carbocycles. The van der Waals surface area contributed by atoms with Gasteiger partial charge in [-0.2, -0.15) is 0 Å². The fraction of sp³-hybridized carbons (Fsp3) is 0.298. The molecule has 3 fully saturated rings. The van der Waals surface area contributed by atoms with Crippen LogP contribution in [0.3, 0.4) is 0 Å². The Morgan fingerprint density at radius 3 is 2.20 bits per heavy atom. The molecule has 304 valence electrons. The minimum atomic E-state index is -1.67. The number of benzene rings is 4. The van der Waals surface area contributed by atoms with Crippen LogP contribution in [0.1, 0.15) is 52.4 Å². The van der Waals surface area contributed by atoms with Crippen LogP contribution in [-0.2, 0) is 24.5 Å². The normalized spacial score (nSPS) is 24.5. The molecule has 3 saturated heterocycles. The van der Waals surface area contributed by atoms with E-state index in [1.54, 1.807) is 47.6 Å². The largest absolute Gasteiger partial charge is 0.491 e. The number of carbonyl (C=O) groups is 3. The molecule has 3 N–H and O–H groups in total. The van der Waals surface area contributed by atoms with E-state index in [4.69, 9.17) is 9.47 Å². The highest BCUT2D eigenvalue weighted by atomic mass is 16.6. The summed E-state index contributed by atoms with van der Waals surface area (Å²) in [4.78, 5) is 61.1. The summed E-state index contributed by atoms with van der Waals surface area (Å²) >= 11 is 0. The fourth-order valence-electron chi connectivity index (χ4n) is 9.56. The summed E-state index contributed by atoms with van der Waals surface area (Å²) in [5.41, 5.74) is 2.30. The third kappa shape index (κ3) is 6.72. The van der Waals surface area contributed by atoms with Crippen LogP contribution in [0.15, 0.2) is 122 Å².